The number of carbonyl (C=O) groups is 1. The predicted molar refractivity (Wildman–Crippen MR) is 52.8 cm³/mol. The van der Waals surface area contributed by atoms with Gasteiger partial charge >= 0.3 is 5.97 Å². The highest BCUT2D eigenvalue weighted by Gasteiger charge is 2.16. The summed E-state index contributed by atoms with van der Waals surface area (Å²) in [6, 6.07) is 0.993. The summed E-state index contributed by atoms with van der Waals surface area (Å²) >= 11 is 0. The molecule has 7 heteroatoms. The summed E-state index contributed by atoms with van der Waals surface area (Å²) in [5, 5.41) is 8.59. The maximum absolute atomic E-state index is 12.4. The third-order valence-corrected chi connectivity index (χ3v) is 2.00. The van der Waals surface area contributed by atoms with E-state index < -0.39 is 24.5 Å². The lowest BCUT2D eigenvalue weighted by Gasteiger charge is -2.10. The maximum Gasteiger partial charge on any atom is 0.307 e. The molecule has 5 nitrogen and oxygen atoms in total. The lowest BCUT2D eigenvalue weighted by molar-refractivity contribution is -0.136. The molecule has 0 unspecified atom stereocenters. The first-order valence-corrected chi connectivity index (χ1v) is 4.43. The van der Waals surface area contributed by atoms with Crippen molar-refractivity contribution in [2.24, 2.45) is 5.73 Å². The molecule has 1 aromatic heterocycles. The van der Waals surface area contributed by atoms with E-state index in [0.29, 0.717) is 0 Å². The van der Waals surface area contributed by atoms with Crippen LogP contribution in [0.5, 0.6) is 0 Å². The molecule has 0 fully saturated rings. The van der Waals surface area contributed by atoms with Gasteiger partial charge < -0.3 is 16.6 Å². The Labute approximate surface area is 90.1 Å². The summed E-state index contributed by atoms with van der Waals surface area (Å²) in [6.45, 7) is -0.112. The zero-order valence-electron chi connectivity index (χ0n) is 8.28. The fraction of sp³-hybridized carbons (Fsp3) is 0.333. The standard InChI is InChI=1S/C9H11F2N3O2/c10-9(11)5-1-4(2-7(15)16)8(13)6(3-12)14-5/h1,9H,2-3,12-13H2,(H,15,16). The monoisotopic (exact) mass is 231 g/mol. The summed E-state index contributed by atoms with van der Waals surface area (Å²) in [4.78, 5) is 14.1. The van der Waals surface area contributed by atoms with Crippen LogP contribution in [-0.4, -0.2) is 16.1 Å². The molecule has 0 spiro atoms. The fourth-order valence-corrected chi connectivity index (χ4v) is 1.27. The molecular formula is C9H11F2N3O2. The highest BCUT2D eigenvalue weighted by atomic mass is 19.3. The van der Waals surface area contributed by atoms with Crippen LogP contribution in [0.3, 0.4) is 0 Å². The first-order valence-electron chi connectivity index (χ1n) is 4.43. The molecule has 0 aliphatic carbocycles. The molecule has 0 saturated heterocycles. The average Bonchev–Trinajstić information content (AvgIpc) is 2.20. The summed E-state index contributed by atoms with van der Waals surface area (Å²) in [6.07, 6.45) is -3.21. The average molecular weight is 231 g/mol. The van der Waals surface area contributed by atoms with Gasteiger partial charge in [-0.3, -0.25) is 4.79 Å². The lowest BCUT2D eigenvalue weighted by atomic mass is 10.1. The second kappa shape index (κ2) is 4.84. The van der Waals surface area contributed by atoms with Crippen molar-refractivity contribution < 1.29 is 18.7 Å². The van der Waals surface area contributed by atoms with Crippen molar-refractivity contribution in [3.63, 3.8) is 0 Å². The van der Waals surface area contributed by atoms with Crippen LogP contribution in [-0.2, 0) is 17.8 Å². The van der Waals surface area contributed by atoms with Gasteiger partial charge in [-0.05, 0) is 11.6 Å². The molecule has 0 saturated carbocycles. The fourth-order valence-electron chi connectivity index (χ4n) is 1.27. The van der Waals surface area contributed by atoms with Crippen LogP contribution in [0.4, 0.5) is 14.5 Å². The molecular weight excluding hydrogens is 220 g/mol. The van der Waals surface area contributed by atoms with E-state index in [1.165, 1.54) is 0 Å². The van der Waals surface area contributed by atoms with Crippen molar-refractivity contribution in [3.05, 3.63) is 23.0 Å². The Bertz CT molecular complexity index is 410. The maximum atomic E-state index is 12.4. The van der Waals surface area contributed by atoms with Crippen LogP contribution in [0.1, 0.15) is 23.4 Å². The number of alkyl halides is 2. The molecule has 1 aromatic rings. The number of nitrogens with zero attached hydrogens (tertiary/aromatic N) is 1. The number of anilines is 1. The predicted octanol–water partition coefficient (Wildman–Crippen LogP) is 0.687. The Morgan fingerprint density at radius 3 is 2.62 bits per heavy atom. The normalized spacial score (nSPS) is 10.8. The van der Waals surface area contributed by atoms with E-state index in [9.17, 15) is 13.6 Å². The quantitative estimate of drug-likeness (QED) is 0.707. The number of nitrogen functional groups attached to an aromatic ring is 1. The molecule has 0 atom stereocenters. The van der Waals surface area contributed by atoms with Crippen LogP contribution in [0, 0.1) is 0 Å². The number of carboxylic acids is 1. The third kappa shape index (κ3) is 2.63. The van der Waals surface area contributed by atoms with E-state index in [-0.39, 0.29) is 23.5 Å². The van der Waals surface area contributed by atoms with E-state index in [2.05, 4.69) is 4.98 Å². The number of aromatic nitrogens is 1. The van der Waals surface area contributed by atoms with Gasteiger partial charge in [-0.15, -0.1) is 0 Å². The minimum absolute atomic E-state index is 0.0642. The molecule has 0 radical (unpaired) electrons. The minimum atomic E-state index is -2.78. The van der Waals surface area contributed by atoms with Gasteiger partial charge in [-0.1, -0.05) is 0 Å². The summed E-state index contributed by atoms with van der Waals surface area (Å²) in [5.41, 5.74) is 10.6. The van der Waals surface area contributed by atoms with Crippen LogP contribution in [0.15, 0.2) is 6.07 Å². The Morgan fingerprint density at radius 1 is 1.56 bits per heavy atom. The van der Waals surface area contributed by atoms with Crippen molar-refractivity contribution in [2.75, 3.05) is 5.73 Å². The molecule has 1 heterocycles. The lowest BCUT2D eigenvalue weighted by Crippen LogP contribution is -2.12. The Morgan fingerprint density at radius 2 is 2.19 bits per heavy atom. The molecule has 0 aromatic carbocycles. The molecule has 1 rings (SSSR count). The summed E-state index contributed by atoms with van der Waals surface area (Å²) in [7, 11) is 0. The van der Waals surface area contributed by atoms with E-state index in [4.69, 9.17) is 16.6 Å². The number of halogens is 2. The third-order valence-electron chi connectivity index (χ3n) is 2.00. The molecule has 0 amide bonds. The van der Waals surface area contributed by atoms with E-state index in [1.54, 1.807) is 0 Å². The molecule has 0 bridgehead atoms. The molecule has 88 valence electrons. The molecule has 0 aliphatic heterocycles. The highest BCUT2D eigenvalue weighted by Crippen LogP contribution is 2.24. The van der Waals surface area contributed by atoms with Gasteiger partial charge in [0, 0.05) is 6.54 Å². The van der Waals surface area contributed by atoms with Crippen molar-refractivity contribution in [1.82, 2.24) is 4.98 Å². The van der Waals surface area contributed by atoms with Gasteiger partial charge in [0.25, 0.3) is 6.43 Å². The first-order chi connectivity index (χ1) is 7.45. The van der Waals surface area contributed by atoms with Gasteiger partial charge in [-0.2, -0.15) is 0 Å². The first kappa shape index (κ1) is 12.3. The summed E-state index contributed by atoms with van der Waals surface area (Å²) < 4.78 is 24.9. The molecule has 16 heavy (non-hydrogen) atoms. The number of hydrogen-bond acceptors (Lipinski definition) is 4. The number of nitrogens with two attached hydrogens (primary N) is 2. The van der Waals surface area contributed by atoms with Gasteiger partial charge in [0.15, 0.2) is 0 Å². The number of hydrogen-bond donors (Lipinski definition) is 3. The van der Waals surface area contributed by atoms with Crippen molar-refractivity contribution in [3.8, 4) is 0 Å². The Kier molecular flexibility index (Phi) is 3.73. The van der Waals surface area contributed by atoms with E-state index in [0.717, 1.165) is 6.07 Å². The van der Waals surface area contributed by atoms with Gasteiger partial charge in [0.1, 0.15) is 5.69 Å². The van der Waals surface area contributed by atoms with E-state index in [1.807, 2.05) is 0 Å². The summed E-state index contributed by atoms with van der Waals surface area (Å²) in [5.74, 6) is -1.15. The van der Waals surface area contributed by atoms with Crippen molar-refractivity contribution >= 4 is 11.7 Å². The smallest absolute Gasteiger partial charge is 0.307 e. The van der Waals surface area contributed by atoms with Gasteiger partial charge in [0.05, 0.1) is 17.8 Å². The highest BCUT2D eigenvalue weighted by molar-refractivity contribution is 5.73. The largest absolute Gasteiger partial charge is 0.481 e. The zero-order chi connectivity index (χ0) is 12.3. The van der Waals surface area contributed by atoms with Crippen LogP contribution >= 0.6 is 0 Å². The van der Waals surface area contributed by atoms with E-state index >= 15 is 0 Å². The Balaban J connectivity index is 3.24. The van der Waals surface area contributed by atoms with Crippen LogP contribution in [0.25, 0.3) is 0 Å². The SMILES string of the molecule is NCc1nc(C(F)F)cc(CC(=O)O)c1N. The zero-order valence-corrected chi connectivity index (χ0v) is 8.28. The van der Waals surface area contributed by atoms with Crippen molar-refractivity contribution in [1.29, 1.82) is 0 Å². The molecule has 5 N–H and O–H groups in total. The topological polar surface area (TPSA) is 102 Å². The number of carboxylic acid groups (broad SMARTS) is 1. The minimum Gasteiger partial charge on any atom is -0.481 e. The second-order valence-corrected chi connectivity index (χ2v) is 3.14. The van der Waals surface area contributed by atoms with Crippen molar-refractivity contribution in [2.45, 2.75) is 19.4 Å². The Hall–Kier alpha value is -1.76. The number of pyridine rings is 1. The molecule has 0 aliphatic rings. The van der Waals surface area contributed by atoms with Crippen LogP contribution in [0.2, 0.25) is 0 Å². The second-order valence-electron chi connectivity index (χ2n) is 3.14. The van der Waals surface area contributed by atoms with Gasteiger partial charge in [0.2, 0.25) is 0 Å². The number of aliphatic carboxylic acids is 1. The van der Waals surface area contributed by atoms with Gasteiger partial charge in [-0.25, -0.2) is 13.8 Å². The van der Waals surface area contributed by atoms with Crippen LogP contribution < -0.4 is 11.5 Å². The number of rotatable bonds is 4.